The fourth-order valence-corrected chi connectivity index (χ4v) is 1.00. The Labute approximate surface area is 87.8 Å². The number of carbonyl (C=O) groups is 2. The first-order valence-corrected chi connectivity index (χ1v) is 4.00. The molecule has 0 aliphatic carbocycles. The van der Waals surface area contributed by atoms with Gasteiger partial charge >= 0.3 is 12.3 Å². The Morgan fingerprint density at radius 2 is 1.75 bits per heavy atom. The number of amides is 1. The summed E-state index contributed by atoms with van der Waals surface area (Å²) in [6, 6.07) is 4.47. The van der Waals surface area contributed by atoms with E-state index >= 15 is 0 Å². The Kier molecular flexibility index (Phi) is 3.17. The number of hydrogen-bond acceptors (Lipinski definition) is 3. The molecule has 0 aromatic heterocycles. The lowest BCUT2D eigenvalue weighted by Crippen LogP contribution is -2.25. The lowest BCUT2D eigenvalue weighted by Gasteiger charge is -2.09. The first-order chi connectivity index (χ1) is 7.32. The van der Waals surface area contributed by atoms with E-state index in [0.717, 1.165) is 12.1 Å². The van der Waals surface area contributed by atoms with Crippen molar-refractivity contribution in [2.75, 3.05) is 0 Å². The van der Waals surface area contributed by atoms with Crippen LogP contribution in [-0.2, 0) is 0 Å². The molecule has 0 bridgehead atoms. The number of halogens is 3. The summed E-state index contributed by atoms with van der Waals surface area (Å²) in [6.45, 7) is 0. The van der Waals surface area contributed by atoms with Crippen LogP contribution in [0.2, 0.25) is 0 Å². The lowest BCUT2D eigenvalue weighted by atomic mass is 10.1. The van der Waals surface area contributed by atoms with Crippen molar-refractivity contribution >= 4 is 11.9 Å². The van der Waals surface area contributed by atoms with Gasteiger partial charge in [0.15, 0.2) is 0 Å². The number of hydrogen-bond donors (Lipinski definition) is 1. The zero-order valence-corrected chi connectivity index (χ0v) is 7.75. The molecule has 0 radical (unpaired) electrons. The maximum Gasteiger partial charge on any atom is 0.455 e. The highest BCUT2D eigenvalue weighted by Crippen LogP contribution is 2.27. The molecule has 0 aliphatic heterocycles. The summed E-state index contributed by atoms with van der Waals surface area (Å²) in [7, 11) is 0. The number of para-hydroxylation sites is 1. The van der Waals surface area contributed by atoms with Gasteiger partial charge in [0.1, 0.15) is 5.75 Å². The molecular formula is C9H6F3NO3. The maximum absolute atomic E-state index is 12.1. The molecule has 0 aliphatic rings. The lowest BCUT2D eigenvalue weighted by molar-refractivity contribution is -0.0886. The van der Waals surface area contributed by atoms with Crippen LogP contribution in [0.5, 0.6) is 5.75 Å². The summed E-state index contributed by atoms with van der Waals surface area (Å²) in [5.74, 6) is -2.61. The van der Waals surface area contributed by atoms with E-state index in [9.17, 15) is 22.8 Å². The van der Waals surface area contributed by atoms with E-state index in [1.165, 1.54) is 12.1 Å². The molecule has 1 aromatic carbocycles. The Balaban J connectivity index is 3.13. The topological polar surface area (TPSA) is 69.4 Å². The second kappa shape index (κ2) is 4.21. The molecular weight excluding hydrogens is 227 g/mol. The molecule has 2 N–H and O–H groups in total. The molecule has 86 valence electrons. The van der Waals surface area contributed by atoms with Crippen LogP contribution in [0, 0.1) is 0 Å². The van der Waals surface area contributed by atoms with Gasteiger partial charge in [-0.25, -0.2) is 4.79 Å². The number of ether oxygens (including phenoxy) is 1. The predicted octanol–water partition coefficient (Wildman–Crippen LogP) is 1.89. The summed E-state index contributed by atoms with van der Waals surface area (Å²) in [5, 5.41) is 0. The third-order valence-corrected chi connectivity index (χ3v) is 1.60. The Morgan fingerprint density at radius 1 is 1.19 bits per heavy atom. The Bertz CT molecular complexity index is 428. The van der Waals surface area contributed by atoms with Gasteiger partial charge in [-0.1, -0.05) is 12.1 Å². The molecule has 1 amide bonds. The van der Waals surface area contributed by atoms with Crippen molar-refractivity contribution in [3.8, 4) is 5.75 Å². The number of carbonyl (C=O) groups excluding carboxylic acids is 2. The van der Waals surface area contributed by atoms with E-state index in [-0.39, 0.29) is 0 Å². The minimum Gasteiger partial charge on any atom is -0.410 e. The largest absolute Gasteiger partial charge is 0.455 e. The Hall–Kier alpha value is -2.05. The second-order valence-corrected chi connectivity index (χ2v) is 2.74. The van der Waals surface area contributed by atoms with Gasteiger partial charge in [0.25, 0.3) is 5.78 Å². The fourth-order valence-electron chi connectivity index (χ4n) is 1.00. The van der Waals surface area contributed by atoms with Crippen LogP contribution < -0.4 is 10.5 Å². The number of Topliss-reactive ketones (excluding diaryl/α,β-unsaturated/α-hetero) is 1. The van der Waals surface area contributed by atoms with Gasteiger partial charge in [-0.2, -0.15) is 13.2 Å². The minimum absolute atomic E-state index is 0.516. The van der Waals surface area contributed by atoms with E-state index in [0.29, 0.717) is 0 Å². The van der Waals surface area contributed by atoms with E-state index in [2.05, 4.69) is 10.5 Å². The van der Waals surface area contributed by atoms with Gasteiger partial charge in [0.2, 0.25) is 0 Å². The normalized spacial score (nSPS) is 10.9. The molecule has 0 unspecified atom stereocenters. The van der Waals surface area contributed by atoms with Crippen molar-refractivity contribution in [1.29, 1.82) is 0 Å². The number of rotatable bonds is 2. The third-order valence-electron chi connectivity index (χ3n) is 1.60. The monoisotopic (exact) mass is 233 g/mol. The predicted molar refractivity (Wildman–Crippen MR) is 47.0 cm³/mol. The summed E-state index contributed by atoms with van der Waals surface area (Å²) < 4.78 is 40.7. The molecule has 0 atom stereocenters. The molecule has 0 fully saturated rings. The highest BCUT2D eigenvalue weighted by molar-refractivity contribution is 6.02. The van der Waals surface area contributed by atoms with Crippen molar-refractivity contribution < 1.29 is 27.5 Å². The summed E-state index contributed by atoms with van der Waals surface area (Å²) in [6.07, 6.45) is -6.32. The number of primary amides is 1. The number of benzene rings is 1. The third kappa shape index (κ3) is 2.72. The van der Waals surface area contributed by atoms with Gasteiger partial charge in [-0.3, -0.25) is 4.79 Å². The van der Waals surface area contributed by atoms with Crippen LogP contribution in [0.3, 0.4) is 0 Å². The number of alkyl halides is 3. The van der Waals surface area contributed by atoms with Crippen molar-refractivity contribution in [1.82, 2.24) is 0 Å². The molecule has 1 aromatic rings. The highest BCUT2D eigenvalue weighted by Gasteiger charge is 2.40. The SMILES string of the molecule is NC(=O)Oc1ccccc1C(=O)C(F)(F)F. The first kappa shape index (κ1) is 12.0. The van der Waals surface area contributed by atoms with Crippen LogP contribution in [0.15, 0.2) is 24.3 Å². The quantitative estimate of drug-likeness (QED) is 0.793. The van der Waals surface area contributed by atoms with Crippen LogP contribution in [0.4, 0.5) is 18.0 Å². The average Bonchev–Trinajstić information content (AvgIpc) is 2.15. The summed E-state index contributed by atoms with van der Waals surface area (Å²) in [4.78, 5) is 21.3. The number of nitrogens with two attached hydrogens (primary N) is 1. The molecule has 1 rings (SSSR count). The molecule has 0 spiro atoms. The standard InChI is InChI=1S/C9H6F3NO3/c10-9(11,12)7(14)5-3-1-2-4-6(5)16-8(13)15/h1-4H,(H2,13,15). The van der Waals surface area contributed by atoms with Gasteiger partial charge in [-0.05, 0) is 12.1 Å². The highest BCUT2D eigenvalue weighted by atomic mass is 19.4. The average molecular weight is 233 g/mol. The molecule has 16 heavy (non-hydrogen) atoms. The zero-order chi connectivity index (χ0) is 12.3. The zero-order valence-electron chi connectivity index (χ0n) is 7.75. The van der Waals surface area contributed by atoms with Crippen molar-refractivity contribution in [3.63, 3.8) is 0 Å². The molecule has 0 saturated heterocycles. The van der Waals surface area contributed by atoms with Crippen LogP contribution in [0.25, 0.3) is 0 Å². The minimum atomic E-state index is -5.03. The number of ketones is 1. The molecule has 7 heteroatoms. The van der Waals surface area contributed by atoms with Crippen molar-refractivity contribution in [3.05, 3.63) is 29.8 Å². The molecule has 4 nitrogen and oxygen atoms in total. The van der Waals surface area contributed by atoms with Gasteiger partial charge in [-0.15, -0.1) is 0 Å². The fraction of sp³-hybridized carbons (Fsp3) is 0.111. The van der Waals surface area contributed by atoms with Crippen LogP contribution in [-0.4, -0.2) is 18.1 Å². The summed E-state index contributed by atoms with van der Waals surface area (Å²) in [5.41, 5.74) is 3.89. The van der Waals surface area contributed by atoms with Crippen molar-refractivity contribution in [2.24, 2.45) is 5.73 Å². The first-order valence-electron chi connectivity index (χ1n) is 4.00. The summed E-state index contributed by atoms with van der Waals surface area (Å²) >= 11 is 0. The van der Waals surface area contributed by atoms with Gasteiger partial charge in [0, 0.05) is 0 Å². The second-order valence-electron chi connectivity index (χ2n) is 2.74. The van der Waals surface area contributed by atoms with E-state index in [1.807, 2.05) is 0 Å². The van der Waals surface area contributed by atoms with Gasteiger partial charge in [0.05, 0.1) is 5.56 Å². The van der Waals surface area contributed by atoms with Gasteiger partial charge < -0.3 is 10.5 Å². The van der Waals surface area contributed by atoms with Crippen LogP contribution in [0.1, 0.15) is 10.4 Å². The smallest absolute Gasteiger partial charge is 0.410 e. The van der Waals surface area contributed by atoms with Crippen LogP contribution >= 0.6 is 0 Å². The van der Waals surface area contributed by atoms with Crippen molar-refractivity contribution in [2.45, 2.75) is 6.18 Å². The Morgan fingerprint density at radius 3 is 2.25 bits per heavy atom. The molecule has 0 heterocycles. The van der Waals surface area contributed by atoms with E-state index in [4.69, 9.17) is 0 Å². The van der Waals surface area contributed by atoms with E-state index < -0.39 is 29.4 Å². The maximum atomic E-state index is 12.1. The molecule has 0 saturated carbocycles. The van der Waals surface area contributed by atoms with E-state index in [1.54, 1.807) is 0 Å².